The van der Waals surface area contributed by atoms with Gasteiger partial charge in [-0.3, -0.25) is 44.6 Å². The Kier molecular flexibility index (Phi) is 10.4. The molecular weight excluding hydrogens is 974 g/mol. The lowest BCUT2D eigenvalue weighted by Gasteiger charge is -2.07. The molecule has 16 nitrogen and oxygen atoms in total. The van der Waals surface area contributed by atoms with Crippen molar-refractivity contribution >= 4 is 81.3 Å². The molecule has 12 rings (SSSR count). The number of aliphatic hydroxyl groups excluding tert-OH is 1. The number of hydrogen-bond donors (Lipinski definition) is 4. The van der Waals surface area contributed by atoms with E-state index in [4.69, 9.17) is 22.4 Å². The molecule has 0 saturated heterocycles. The molecule has 71 heavy (non-hydrogen) atoms. The summed E-state index contributed by atoms with van der Waals surface area (Å²) >= 11 is 3.23. The molecule has 0 aliphatic heterocycles. The van der Waals surface area contributed by atoms with Crippen molar-refractivity contribution in [3.05, 3.63) is 192 Å². The molecule has 354 valence electrons. The summed E-state index contributed by atoms with van der Waals surface area (Å²) in [7, 11) is -3.64. The molecule has 0 aliphatic rings. The maximum atomic E-state index is 14.2. The number of fused-ring (bicyclic) bond motifs is 9. The Labute approximate surface area is 417 Å². The lowest BCUT2D eigenvalue weighted by molar-refractivity contribution is 0.282. The summed E-state index contributed by atoms with van der Waals surface area (Å²) in [6.07, 6.45) is 4.40. The highest BCUT2D eigenvalue weighted by molar-refractivity contribution is 9.10. The van der Waals surface area contributed by atoms with Crippen LogP contribution >= 0.6 is 15.9 Å². The fourth-order valence-electron chi connectivity index (χ4n) is 8.26. The summed E-state index contributed by atoms with van der Waals surface area (Å²) in [6.45, 7) is 1.93. The van der Waals surface area contributed by atoms with Gasteiger partial charge in [0.25, 0.3) is 16.7 Å². The number of nitrogens with zero attached hydrogens (tertiary/aromatic N) is 6. The van der Waals surface area contributed by atoms with Gasteiger partial charge in [-0.05, 0) is 78.7 Å². The number of aryl methyl sites for hydroxylation is 1. The second kappa shape index (κ2) is 18.9. The summed E-state index contributed by atoms with van der Waals surface area (Å²) in [6, 6.07) is 34.2. The first-order valence-corrected chi connectivity index (χ1v) is 22.3. The standard InChI is InChI=1S/C18H15N3O3.C18H15N3O2.C17H11BrFN3O2/c1-24-13-4-2-3-12(8-13)21-18(23)15-9-19-16-7-11(10-22)5-6-14(16)17(15)20-21;1-11-6-7-14-16(8-11)19-10-15-17(14)20-21(18(15)22)12-4-3-5-13(9-12)23-2;1-24-14-5-3-2-4-13(14)22-17(23)11-8-20-16-10(15(11)21-22)6-9(18)7-12(16)19/h2-9,20,22H,10H2,1H3;3-10,20H,1-2H3;2-8,21H,1H3/i1D3;;1D3. The average molecular weight is 1020 g/mol. The van der Waals surface area contributed by atoms with Crippen LogP contribution in [0.15, 0.2) is 159 Å². The van der Waals surface area contributed by atoms with Crippen molar-refractivity contribution in [3.63, 3.8) is 0 Å². The molecule has 0 atom stereocenters. The van der Waals surface area contributed by atoms with Crippen molar-refractivity contribution in [2.45, 2.75) is 13.5 Å². The van der Waals surface area contributed by atoms with E-state index in [9.17, 15) is 23.9 Å². The molecule has 0 bridgehead atoms. The fourth-order valence-corrected chi connectivity index (χ4v) is 8.69. The monoisotopic (exact) mass is 1020 g/mol. The highest BCUT2D eigenvalue weighted by Gasteiger charge is 2.18. The second-order valence-corrected chi connectivity index (χ2v) is 17.0. The van der Waals surface area contributed by atoms with E-state index in [0.29, 0.717) is 48.6 Å². The molecule has 18 heteroatoms. The van der Waals surface area contributed by atoms with Crippen LogP contribution in [0.2, 0.25) is 0 Å². The number of pyridine rings is 3. The predicted octanol–water partition coefficient (Wildman–Crippen LogP) is 9.33. The van der Waals surface area contributed by atoms with Crippen LogP contribution in [0.4, 0.5) is 4.39 Å². The Hall–Kier alpha value is -8.87. The van der Waals surface area contributed by atoms with Gasteiger partial charge in [0.15, 0.2) is 5.82 Å². The van der Waals surface area contributed by atoms with Crippen LogP contribution in [0.25, 0.3) is 82.5 Å². The van der Waals surface area contributed by atoms with E-state index in [1.807, 2.05) is 49.4 Å². The molecule has 0 fully saturated rings. The first kappa shape index (κ1) is 39.0. The van der Waals surface area contributed by atoms with Gasteiger partial charge in [0.2, 0.25) is 0 Å². The first-order valence-electron chi connectivity index (χ1n) is 24.5. The lowest BCUT2D eigenvalue weighted by Crippen LogP contribution is -2.15. The zero-order chi connectivity index (χ0) is 54.5. The zero-order valence-corrected chi connectivity index (χ0v) is 38.9. The minimum absolute atomic E-state index is 0.00998. The molecule has 0 spiro atoms. The van der Waals surface area contributed by atoms with Gasteiger partial charge >= 0.3 is 0 Å². The SMILES string of the molecule is COc1cccc(-n2[nH]c3c(cnc4cc(C)ccc43)c2=O)c1.[2H]C([2H])([2H])Oc1cccc(-n2[nH]c3c(cnc4cc(CO)ccc43)c2=O)c1.[2H]C([2H])([2H])Oc1ccccc1-n1[nH]c2c(cnc3c(F)cc(Br)cc32)c1=O. The molecule has 4 N–H and O–H groups in total. The average Bonchev–Trinajstić information content (AvgIpc) is 4.13. The lowest BCUT2D eigenvalue weighted by atomic mass is 10.1. The Balaban J connectivity index is 0.000000131. The molecule has 12 aromatic rings. The summed E-state index contributed by atoms with van der Waals surface area (Å²) in [5.41, 5.74) is 5.80. The van der Waals surface area contributed by atoms with Crippen LogP contribution in [0.1, 0.15) is 19.4 Å². The Morgan fingerprint density at radius 2 is 1.17 bits per heavy atom. The number of aromatic amines is 3. The van der Waals surface area contributed by atoms with Gasteiger partial charge in [0.1, 0.15) is 28.5 Å². The number of rotatable bonds is 7. The number of benzene rings is 6. The highest BCUT2D eigenvalue weighted by atomic mass is 79.9. The Bertz CT molecular complexity index is 4450. The molecule has 0 saturated carbocycles. The van der Waals surface area contributed by atoms with Crippen molar-refractivity contribution in [2.75, 3.05) is 21.2 Å². The number of aromatic nitrogens is 9. The van der Waals surface area contributed by atoms with Gasteiger partial charge in [-0.25, -0.2) is 18.4 Å². The molecular formula is C53H41BrFN9O7. The molecule has 0 unspecified atom stereocenters. The van der Waals surface area contributed by atoms with E-state index >= 15 is 0 Å². The molecule has 6 aromatic heterocycles. The number of para-hydroxylation sites is 2. The summed E-state index contributed by atoms with van der Waals surface area (Å²) < 4.78 is 77.3. The van der Waals surface area contributed by atoms with E-state index in [2.05, 4.69) is 46.2 Å². The Morgan fingerprint density at radius 1 is 0.606 bits per heavy atom. The number of nitrogens with one attached hydrogen (secondary N) is 3. The van der Waals surface area contributed by atoms with E-state index in [1.54, 1.807) is 67.9 Å². The number of ether oxygens (including phenoxy) is 3. The van der Waals surface area contributed by atoms with E-state index in [0.717, 1.165) is 43.3 Å². The topological polar surface area (TPSA) is 200 Å². The third-order valence-electron chi connectivity index (χ3n) is 11.7. The van der Waals surface area contributed by atoms with Gasteiger partial charge in [-0.15, -0.1) is 0 Å². The van der Waals surface area contributed by atoms with Crippen molar-refractivity contribution in [3.8, 4) is 34.3 Å². The second-order valence-electron chi connectivity index (χ2n) is 16.1. The number of H-pyrrole nitrogens is 3. The maximum absolute atomic E-state index is 14.2. The van der Waals surface area contributed by atoms with Gasteiger partial charge in [0.05, 0.1) is 91.1 Å². The first-order chi connectivity index (χ1) is 36.8. The number of hydrogen-bond acceptors (Lipinski definition) is 10. The summed E-state index contributed by atoms with van der Waals surface area (Å²) in [5, 5.41) is 21.8. The van der Waals surface area contributed by atoms with Crippen molar-refractivity contribution < 1.29 is 31.9 Å². The Morgan fingerprint density at radius 3 is 1.80 bits per heavy atom. The molecule has 0 amide bonds. The third-order valence-corrected chi connectivity index (χ3v) is 12.2. The quantitative estimate of drug-likeness (QED) is 0.119. The number of methoxy groups -OCH3 is 3. The van der Waals surface area contributed by atoms with Crippen LogP contribution in [0.3, 0.4) is 0 Å². The van der Waals surface area contributed by atoms with Gasteiger partial charge < -0.3 is 19.3 Å². The van der Waals surface area contributed by atoms with E-state index in [1.165, 1.54) is 46.0 Å². The van der Waals surface area contributed by atoms with E-state index < -0.39 is 25.5 Å². The van der Waals surface area contributed by atoms with Crippen LogP contribution < -0.4 is 30.9 Å². The maximum Gasteiger partial charge on any atom is 0.280 e. The van der Waals surface area contributed by atoms with Crippen molar-refractivity contribution in [1.29, 1.82) is 0 Å². The van der Waals surface area contributed by atoms with Crippen LogP contribution in [0, 0.1) is 12.7 Å². The molecule has 6 heterocycles. The predicted molar refractivity (Wildman–Crippen MR) is 276 cm³/mol. The minimum Gasteiger partial charge on any atom is -0.497 e. The highest BCUT2D eigenvalue weighted by Crippen LogP contribution is 2.29. The van der Waals surface area contributed by atoms with Crippen molar-refractivity contribution in [1.82, 2.24) is 44.3 Å². The fraction of sp³-hybridized carbons (Fsp3) is 0.0943. The zero-order valence-electron chi connectivity index (χ0n) is 43.3. The van der Waals surface area contributed by atoms with Gasteiger partial charge in [0, 0.05) is 51.4 Å². The van der Waals surface area contributed by atoms with Crippen LogP contribution in [0.5, 0.6) is 17.2 Å². The smallest absolute Gasteiger partial charge is 0.280 e. The van der Waals surface area contributed by atoms with Crippen molar-refractivity contribution in [2.24, 2.45) is 0 Å². The normalized spacial score (nSPS) is 12.9. The number of aliphatic hydroxyl groups is 1. The minimum atomic E-state index is -2.67. The van der Waals surface area contributed by atoms with Crippen LogP contribution in [-0.2, 0) is 6.61 Å². The van der Waals surface area contributed by atoms with Crippen LogP contribution in [-0.4, -0.2) is 70.6 Å². The summed E-state index contributed by atoms with van der Waals surface area (Å²) in [4.78, 5) is 51.1. The third kappa shape index (κ3) is 8.44. The van der Waals surface area contributed by atoms with Gasteiger partial charge in [-0.2, -0.15) is 0 Å². The van der Waals surface area contributed by atoms with Gasteiger partial charge in [-0.1, -0.05) is 64.5 Å². The van der Waals surface area contributed by atoms with E-state index in [-0.39, 0.29) is 45.8 Å². The number of halogens is 2. The summed E-state index contributed by atoms with van der Waals surface area (Å²) in [5.74, 6) is 0.317. The largest absolute Gasteiger partial charge is 0.497 e. The molecule has 6 aromatic carbocycles. The molecule has 0 radical (unpaired) electrons. The molecule has 0 aliphatic carbocycles.